The molecule has 2 aromatic carbocycles. The van der Waals surface area contributed by atoms with Crippen molar-refractivity contribution in [3.05, 3.63) is 53.1 Å². The maximum Gasteiger partial charge on any atom is 0.276 e. The molecule has 0 fully saturated rings. The van der Waals surface area contributed by atoms with Gasteiger partial charge in [0.2, 0.25) is 0 Å². The van der Waals surface area contributed by atoms with Crippen molar-refractivity contribution in [2.24, 2.45) is 5.10 Å². The van der Waals surface area contributed by atoms with E-state index in [0.29, 0.717) is 16.9 Å². The maximum atomic E-state index is 12.2. The molecule has 2 aromatic rings. The third-order valence-corrected chi connectivity index (χ3v) is 4.59. The van der Waals surface area contributed by atoms with Crippen molar-refractivity contribution in [2.45, 2.75) is 18.7 Å². The number of sulfonamides is 1. The normalized spacial score (nSPS) is 11.6. The van der Waals surface area contributed by atoms with Crippen molar-refractivity contribution in [3.63, 3.8) is 0 Å². The Balaban J connectivity index is 2.17. The van der Waals surface area contributed by atoms with Crippen LogP contribution >= 0.6 is 0 Å². The lowest BCUT2D eigenvalue weighted by Gasteiger charge is -2.07. The standard InChI is InChI=1S/C16H18N2O4S/c1-11-4-7-16(12(2)8-11)23(20,21)18-17-10-13-5-6-15(22-3)14(19)9-13/h4-10,18-19H,1-3H3/b17-10+. The molecular formula is C16H18N2O4S. The molecule has 0 atom stereocenters. The Morgan fingerprint density at radius 1 is 1.17 bits per heavy atom. The van der Waals surface area contributed by atoms with E-state index in [1.165, 1.54) is 19.4 Å². The van der Waals surface area contributed by atoms with Gasteiger partial charge < -0.3 is 9.84 Å². The van der Waals surface area contributed by atoms with Crippen LogP contribution in [0.1, 0.15) is 16.7 Å². The van der Waals surface area contributed by atoms with Crippen LogP contribution in [0.5, 0.6) is 11.5 Å². The number of hydrogen-bond donors (Lipinski definition) is 2. The van der Waals surface area contributed by atoms with Crippen molar-refractivity contribution in [1.82, 2.24) is 4.83 Å². The number of rotatable bonds is 5. The van der Waals surface area contributed by atoms with E-state index in [0.717, 1.165) is 5.56 Å². The van der Waals surface area contributed by atoms with Crippen LogP contribution in [0.2, 0.25) is 0 Å². The average Bonchev–Trinajstić information content (AvgIpc) is 2.46. The predicted octanol–water partition coefficient (Wildman–Crippen LogP) is 2.33. The van der Waals surface area contributed by atoms with Crippen molar-refractivity contribution in [3.8, 4) is 11.5 Å². The van der Waals surface area contributed by atoms with Crippen LogP contribution in [0.3, 0.4) is 0 Å². The van der Waals surface area contributed by atoms with Gasteiger partial charge in [-0.2, -0.15) is 13.5 Å². The summed E-state index contributed by atoms with van der Waals surface area (Å²) in [5, 5.41) is 13.4. The molecule has 0 bridgehead atoms. The fourth-order valence-electron chi connectivity index (χ4n) is 2.11. The van der Waals surface area contributed by atoms with Gasteiger partial charge in [-0.1, -0.05) is 17.7 Å². The molecule has 0 radical (unpaired) electrons. The number of nitrogens with zero attached hydrogens (tertiary/aromatic N) is 1. The third-order valence-electron chi connectivity index (χ3n) is 3.21. The van der Waals surface area contributed by atoms with Crippen molar-refractivity contribution in [2.75, 3.05) is 7.11 Å². The van der Waals surface area contributed by atoms with Gasteiger partial charge in [-0.3, -0.25) is 0 Å². The maximum absolute atomic E-state index is 12.2. The first kappa shape index (κ1) is 16.8. The zero-order valence-electron chi connectivity index (χ0n) is 13.1. The minimum atomic E-state index is -3.74. The summed E-state index contributed by atoms with van der Waals surface area (Å²) in [4.78, 5) is 2.34. The SMILES string of the molecule is COc1ccc(/C=N/NS(=O)(=O)c2ccc(C)cc2C)cc1O. The Labute approximate surface area is 135 Å². The molecule has 0 aliphatic carbocycles. The molecule has 2 N–H and O–H groups in total. The first-order chi connectivity index (χ1) is 10.8. The summed E-state index contributed by atoms with van der Waals surface area (Å²) < 4.78 is 29.4. The molecule has 7 heteroatoms. The monoisotopic (exact) mass is 334 g/mol. The van der Waals surface area contributed by atoms with E-state index in [1.54, 1.807) is 37.3 Å². The molecule has 0 unspecified atom stereocenters. The van der Waals surface area contributed by atoms with Gasteiger partial charge in [0, 0.05) is 0 Å². The summed E-state index contributed by atoms with van der Waals surface area (Å²) in [6.07, 6.45) is 1.31. The van der Waals surface area contributed by atoms with Gasteiger partial charge in [-0.15, -0.1) is 0 Å². The number of aromatic hydroxyl groups is 1. The van der Waals surface area contributed by atoms with Crippen LogP contribution in [0, 0.1) is 13.8 Å². The molecule has 6 nitrogen and oxygen atoms in total. The van der Waals surface area contributed by atoms with Crippen molar-refractivity contribution in [1.29, 1.82) is 0 Å². The highest BCUT2D eigenvalue weighted by Crippen LogP contribution is 2.25. The number of phenolic OH excluding ortho intramolecular Hbond substituents is 1. The Hall–Kier alpha value is -2.54. The van der Waals surface area contributed by atoms with Crippen LogP contribution in [0.25, 0.3) is 0 Å². The van der Waals surface area contributed by atoms with Crippen LogP contribution in [0.15, 0.2) is 46.4 Å². The van der Waals surface area contributed by atoms with Crippen LogP contribution < -0.4 is 9.57 Å². The summed E-state index contributed by atoms with van der Waals surface area (Å²) >= 11 is 0. The lowest BCUT2D eigenvalue weighted by molar-refractivity contribution is 0.373. The van der Waals surface area contributed by atoms with Gasteiger partial charge in [0.05, 0.1) is 18.2 Å². The smallest absolute Gasteiger partial charge is 0.276 e. The van der Waals surface area contributed by atoms with E-state index in [2.05, 4.69) is 9.93 Å². The summed E-state index contributed by atoms with van der Waals surface area (Å²) in [5.74, 6) is 0.284. The van der Waals surface area contributed by atoms with Gasteiger partial charge in [-0.05, 0) is 49.2 Å². The number of aryl methyl sites for hydroxylation is 2. The predicted molar refractivity (Wildman–Crippen MR) is 88.5 cm³/mol. The molecule has 0 aliphatic heterocycles. The number of hydrazone groups is 1. The Kier molecular flexibility index (Phi) is 4.90. The molecule has 0 spiro atoms. The number of methoxy groups -OCH3 is 1. The van der Waals surface area contributed by atoms with Crippen molar-refractivity contribution >= 4 is 16.2 Å². The van der Waals surface area contributed by atoms with E-state index in [1.807, 2.05) is 6.92 Å². The molecule has 2 rings (SSSR count). The summed E-state index contributed by atoms with van der Waals surface area (Å²) in [6.45, 7) is 3.62. The summed E-state index contributed by atoms with van der Waals surface area (Å²) in [6, 6.07) is 9.70. The third kappa shape index (κ3) is 4.01. The molecule has 0 heterocycles. The molecule has 0 amide bonds. The fourth-order valence-corrected chi connectivity index (χ4v) is 3.13. The van der Waals surface area contributed by atoms with Crippen molar-refractivity contribution < 1.29 is 18.3 Å². The zero-order valence-corrected chi connectivity index (χ0v) is 13.9. The highest BCUT2D eigenvalue weighted by molar-refractivity contribution is 7.89. The number of ether oxygens (including phenoxy) is 1. The Morgan fingerprint density at radius 2 is 1.91 bits per heavy atom. The fraction of sp³-hybridized carbons (Fsp3) is 0.188. The van der Waals surface area contributed by atoms with E-state index >= 15 is 0 Å². The molecule has 0 saturated carbocycles. The molecular weight excluding hydrogens is 316 g/mol. The average molecular weight is 334 g/mol. The Morgan fingerprint density at radius 3 is 2.52 bits per heavy atom. The van der Waals surface area contributed by atoms with Gasteiger partial charge >= 0.3 is 0 Å². The quantitative estimate of drug-likeness (QED) is 0.649. The minimum Gasteiger partial charge on any atom is -0.504 e. The molecule has 0 aromatic heterocycles. The molecule has 0 aliphatic rings. The highest BCUT2D eigenvalue weighted by atomic mass is 32.2. The van der Waals surface area contributed by atoms with Gasteiger partial charge in [0.1, 0.15) is 0 Å². The zero-order chi connectivity index (χ0) is 17.0. The van der Waals surface area contributed by atoms with E-state index < -0.39 is 10.0 Å². The van der Waals surface area contributed by atoms with Gasteiger partial charge in [-0.25, -0.2) is 4.83 Å². The van der Waals surface area contributed by atoms with Gasteiger partial charge in [0.25, 0.3) is 10.0 Å². The lowest BCUT2D eigenvalue weighted by atomic mass is 10.2. The second-order valence-corrected chi connectivity index (χ2v) is 6.68. The molecule has 122 valence electrons. The molecule has 23 heavy (non-hydrogen) atoms. The largest absolute Gasteiger partial charge is 0.504 e. The van der Waals surface area contributed by atoms with Crippen LogP contribution in [0.4, 0.5) is 0 Å². The minimum absolute atomic E-state index is 0.0475. The molecule has 0 saturated heterocycles. The Bertz CT molecular complexity index is 845. The highest BCUT2D eigenvalue weighted by Gasteiger charge is 2.15. The first-order valence-electron chi connectivity index (χ1n) is 6.82. The second-order valence-electron chi connectivity index (χ2n) is 5.05. The summed E-state index contributed by atoms with van der Waals surface area (Å²) in [7, 11) is -2.29. The van der Waals surface area contributed by atoms with E-state index in [4.69, 9.17) is 4.74 Å². The van der Waals surface area contributed by atoms with Gasteiger partial charge in [0.15, 0.2) is 11.5 Å². The van der Waals surface area contributed by atoms with E-state index in [-0.39, 0.29) is 10.6 Å². The number of nitrogens with one attached hydrogen (secondary N) is 1. The second kappa shape index (κ2) is 6.70. The van der Waals surface area contributed by atoms with Crippen LogP contribution in [-0.4, -0.2) is 26.8 Å². The summed E-state index contributed by atoms with van der Waals surface area (Å²) in [5.41, 5.74) is 2.17. The first-order valence-corrected chi connectivity index (χ1v) is 8.31. The van der Waals surface area contributed by atoms with Crippen LogP contribution in [-0.2, 0) is 10.0 Å². The lowest BCUT2D eigenvalue weighted by Crippen LogP contribution is -2.19. The van der Waals surface area contributed by atoms with E-state index in [9.17, 15) is 13.5 Å². The number of phenols is 1. The number of hydrogen-bond acceptors (Lipinski definition) is 5. The topological polar surface area (TPSA) is 88.0 Å². The number of benzene rings is 2.